The van der Waals surface area contributed by atoms with Crippen molar-refractivity contribution >= 4 is 5.97 Å². The summed E-state index contributed by atoms with van der Waals surface area (Å²) in [5.41, 5.74) is 0. The molecule has 0 saturated heterocycles. The summed E-state index contributed by atoms with van der Waals surface area (Å²) in [4.78, 5) is 10.4. The van der Waals surface area contributed by atoms with Gasteiger partial charge in [0.15, 0.2) is 6.10 Å². The van der Waals surface area contributed by atoms with Crippen LogP contribution in [0, 0.1) is 0 Å². The molecule has 4 N–H and O–H groups in total. The van der Waals surface area contributed by atoms with Gasteiger partial charge < -0.3 is 20.4 Å². The first-order valence-electron chi connectivity index (χ1n) is 7.29. The van der Waals surface area contributed by atoms with Crippen LogP contribution < -0.4 is 0 Å². The van der Waals surface area contributed by atoms with E-state index in [9.17, 15) is 9.90 Å². The maximum absolute atomic E-state index is 10.4. The lowest BCUT2D eigenvalue weighted by Crippen LogP contribution is -2.33. The molecule has 5 heteroatoms. The minimum absolute atomic E-state index is 0.282. The van der Waals surface area contributed by atoms with Crippen molar-refractivity contribution in [1.29, 1.82) is 0 Å². The van der Waals surface area contributed by atoms with E-state index < -0.39 is 18.2 Å². The van der Waals surface area contributed by atoms with E-state index >= 15 is 0 Å². The van der Waals surface area contributed by atoms with Crippen LogP contribution in [0.25, 0.3) is 0 Å². The minimum atomic E-state index is -1.66. The number of carboxylic acids is 1. The molecular weight excluding hydrogens is 248 g/mol. The highest BCUT2D eigenvalue weighted by Gasteiger charge is 2.22. The van der Waals surface area contributed by atoms with Crippen LogP contribution in [-0.2, 0) is 4.79 Å². The Bertz CT molecular complexity index is 220. The zero-order valence-electron chi connectivity index (χ0n) is 11.6. The molecule has 114 valence electrons. The van der Waals surface area contributed by atoms with E-state index in [1.807, 2.05) is 0 Å². The van der Waals surface area contributed by atoms with Crippen molar-refractivity contribution in [2.24, 2.45) is 0 Å². The minimum Gasteiger partial charge on any atom is -0.479 e. The monoisotopic (exact) mass is 276 g/mol. The maximum atomic E-state index is 10.4. The molecule has 2 unspecified atom stereocenters. The third-order valence-electron chi connectivity index (χ3n) is 3.28. The van der Waals surface area contributed by atoms with Crippen molar-refractivity contribution < 1.29 is 25.2 Å². The molecule has 5 nitrogen and oxygen atoms in total. The van der Waals surface area contributed by atoms with E-state index in [1.165, 1.54) is 19.3 Å². The molecule has 0 aliphatic carbocycles. The summed E-state index contributed by atoms with van der Waals surface area (Å²) in [5.74, 6) is -1.37. The third-order valence-corrected chi connectivity index (χ3v) is 3.28. The van der Waals surface area contributed by atoms with Gasteiger partial charge in [0.2, 0.25) is 0 Å². The Hall–Kier alpha value is -0.650. The van der Waals surface area contributed by atoms with Crippen molar-refractivity contribution in [2.75, 3.05) is 6.61 Å². The second kappa shape index (κ2) is 12.4. The molecule has 0 amide bonds. The van der Waals surface area contributed by atoms with Gasteiger partial charge in [0, 0.05) is 6.61 Å². The molecule has 0 spiro atoms. The van der Waals surface area contributed by atoms with Crippen LogP contribution in [0.4, 0.5) is 0 Å². The van der Waals surface area contributed by atoms with E-state index in [0.29, 0.717) is 6.42 Å². The Balaban J connectivity index is 3.25. The lowest BCUT2D eigenvalue weighted by molar-refractivity contribution is -0.153. The highest BCUT2D eigenvalue weighted by Crippen LogP contribution is 2.12. The number of carbonyl (C=O) groups is 1. The number of hydrogen-bond donors (Lipinski definition) is 4. The van der Waals surface area contributed by atoms with Gasteiger partial charge >= 0.3 is 5.97 Å². The van der Waals surface area contributed by atoms with Crippen LogP contribution in [0.1, 0.15) is 64.2 Å². The van der Waals surface area contributed by atoms with Gasteiger partial charge in [-0.1, -0.05) is 51.4 Å². The number of aliphatic hydroxyl groups excluding tert-OH is 3. The van der Waals surface area contributed by atoms with Crippen LogP contribution in [-0.4, -0.2) is 45.2 Å². The normalized spacial score (nSPS) is 14.3. The van der Waals surface area contributed by atoms with Gasteiger partial charge in [-0.3, -0.25) is 0 Å². The number of unbranched alkanes of at least 4 members (excludes halogenated alkanes) is 8. The van der Waals surface area contributed by atoms with Gasteiger partial charge in [0.1, 0.15) is 0 Å². The maximum Gasteiger partial charge on any atom is 0.335 e. The predicted molar refractivity (Wildman–Crippen MR) is 72.9 cm³/mol. The first-order valence-corrected chi connectivity index (χ1v) is 7.29. The average Bonchev–Trinajstić information content (AvgIpc) is 2.39. The molecule has 2 atom stereocenters. The number of rotatable bonds is 13. The van der Waals surface area contributed by atoms with E-state index in [4.69, 9.17) is 15.3 Å². The first kappa shape index (κ1) is 18.4. The van der Waals surface area contributed by atoms with E-state index in [-0.39, 0.29) is 6.61 Å². The molecule has 0 aromatic rings. The Kier molecular flexibility index (Phi) is 12.0. The summed E-state index contributed by atoms with van der Waals surface area (Å²) in [6.45, 7) is 0.282. The second-order valence-corrected chi connectivity index (χ2v) is 5.04. The van der Waals surface area contributed by atoms with Gasteiger partial charge in [-0.15, -0.1) is 0 Å². The lowest BCUT2D eigenvalue weighted by Gasteiger charge is -2.13. The van der Waals surface area contributed by atoms with Gasteiger partial charge in [0.25, 0.3) is 0 Å². The van der Waals surface area contributed by atoms with Crippen LogP contribution >= 0.6 is 0 Å². The van der Waals surface area contributed by atoms with E-state index in [2.05, 4.69) is 0 Å². The van der Waals surface area contributed by atoms with Crippen LogP contribution in [0.15, 0.2) is 0 Å². The molecule has 0 aliphatic heterocycles. The van der Waals surface area contributed by atoms with Crippen molar-refractivity contribution in [1.82, 2.24) is 0 Å². The molecule has 0 radical (unpaired) electrons. The molecule has 0 aromatic heterocycles. The number of aliphatic hydroxyl groups is 3. The summed E-state index contributed by atoms with van der Waals surface area (Å²) in [5, 5.41) is 35.5. The third kappa shape index (κ3) is 10.9. The highest BCUT2D eigenvalue weighted by molar-refractivity contribution is 5.72. The second-order valence-electron chi connectivity index (χ2n) is 5.04. The molecule has 0 heterocycles. The van der Waals surface area contributed by atoms with E-state index in [1.54, 1.807) is 0 Å². The van der Waals surface area contributed by atoms with Crippen molar-refractivity contribution in [3.8, 4) is 0 Å². The van der Waals surface area contributed by atoms with E-state index in [0.717, 1.165) is 38.5 Å². The summed E-state index contributed by atoms with van der Waals surface area (Å²) in [7, 11) is 0. The molecule has 0 saturated carbocycles. The average molecular weight is 276 g/mol. The first-order chi connectivity index (χ1) is 9.09. The highest BCUT2D eigenvalue weighted by atomic mass is 16.4. The summed E-state index contributed by atoms with van der Waals surface area (Å²) >= 11 is 0. The van der Waals surface area contributed by atoms with Crippen molar-refractivity contribution in [3.05, 3.63) is 0 Å². The lowest BCUT2D eigenvalue weighted by atomic mass is 10.0. The fourth-order valence-corrected chi connectivity index (χ4v) is 2.03. The Morgan fingerprint density at radius 3 is 1.63 bits per heavy atom. The Morgan fingerprint density at radius 1 is 0.789 bits per heavy atom. The topological polar surface area (TPSA) is 98.0 Å². The Morgan fingerprint density at radius 2 is 1.21 bits per heavy atom. The zero-order valence-corrected chi connectivity index (χ0v) is 11.6. The molecule has 0 fully saturated rings. The molecular formula is C14H28O5. The quantitative estimate of drug-likeness (QED) is 0.384. The van der Waals surface area contributed by atoms with Crippen molar-refractivity contribution in [2.45, 2.75) is 76.4 Å². The number of carboxylic acid groups (broad SMARTS) is 1. The molecule has 0 aliphatic rings. The predicted octanol–water partition coefficient (Wildman–Crippen LogP) is 1.69. The molecule has 0 rings (SSSR count). The fourth-order valence-electron chi connectivity index (χ4n) is 2.03. The van der Waals surface area contributed by atoms with Crippen LogP contribution in [0.5, 0.6) is 0 Å². The SMILES string of the molecule is O=C(O)C(O)C(O)CCCCCCCCCCCO. The smallest absolute Gasteiger partial charge is 0.335 e. The molecule has 0 bridgehead atoms. The standard InChI is InChI=1S/C14H28O5/c15-11-9-7-5-3-1-2-4-6-8-10-12(16)13(17)14(18)19/h12-13,15-17H,1-11H2,(H,18,19). The van der Waals surface area contributed by atoms with Crippen molar-refractivity contribution in [3.63, 3.8) is 0 Å². The van der Waals surface area contributed by atoms with Crippen LogP contribution in [0.2, 0.25) is 0 Å². The largest absolute Gasteiger partial charge is 0.479 e. The van der Waals surface area contributed by atoms with Gasteiger partial charge in [-0.2, -0.15) is 0 Å². The number of aliphatic carboxylic acids is 1. The molecule has 0 aromatic carbocycles. The molecule has 19 heavy (non-hydrogen) atoms. The summed E-state index contributed by atoms with van der Waals surface area (Å²) in [6.07, 6.45) is 6.99. The number of hydrogen-bond acceptors (Lipinski definition) is 4. The van der Waals surface area contributed by atoms with Gasteiger partial charge in [-0.05, 0) is 12.8 Å². The summed E-state index contributed by atoms with van der Waals surface area (Å²) in [6, 6.07) is 0. The summed E-state index contributed by atoms with van der Waals surface area (Å²) < 4.78 is 0. The van der Waals surface area contributed by atoms with Crippen LogP contribution in [0.3, 0.4) is 0 Å². The van der Waals surface area contributed by atoms with Gasteiger partial charge in [-0.25, -0.2) is 4.79 Å². The zero-order chi connectivity index (χ0) is 14.5. The Labute approximate surface area is 115 Å². The fraction of sp³-hybridized carbons (Fsp3) is 0.929. The van der Waals surface area contributed by atoms with Gasteiger partial charge in [0.05, 0.1) is 6.10 Å².